The third-order valence-electron chi connectivity index (χ3n) is 3.39. The van der Waals surface area contributed by atoms with Crippen molar-refractivity contribution in [2.45, 2.75) is 46.1 Å². The standard InChI is InChI=1S/C15H22F3N/c1-4-6-19-15(7-10(3)5-2)11-8-13(17)14(18)9-12(11)16/h8-10,15,19H,4-7H2,1-3H3. The molecule has 0 aliphatic rings. The van der Waals surface area contributed by atoms with E-state index < -0.39 is 17.5 Å². The predicted molar refractivity (Wildman–Crippen MR) is 71.4 cm³/mol. The number of rotatable bonds is 7. The molecule has 2 unspecified atom stereocenters. The van der Waals surface area contributed by atoms with E-state index in [1.807, 2.05) is 6.92 Å². The van der Waals surface area contributed by atoms with Crippen molar-refractivity contribution in [3.8, 4) is 0 Å². The summed E-state index contributed by atoms with van der Waals surface area (Å²) in [5, 5.41) is 3.21. The lowest BCUT2D eigenvalue weighted by molar-refractivity contribution is 0.387. The maximum Gasteiger partial charge on any atom is 0.161 e. The average molecular weight is 273 g/mol. The summed E-state index contributed by atoms with van der Waals surface area (Å²) >= 11 is 0. The minimum atomic E-state index is -1.14. The summed E-state index contributed by atoms with van der Waals surface area (Å²) in [5.74, 6) is -2.43. The Kier molecular flexibility index (Phi) is 6.35. The number of halogens is 3. The second kappa shape index (κ2) is 7.53. The molecule has 0 bridgehead atoms. The molecule has 0 radical (unpaired) electrons. The number of nitrogens with one attached hydrogen (secondary N) is 1. The lowest BCUT2D eigenvalue weighted by Crippen LogP contribution is -2.25. The van der Waals surface area contributed by atoms with E-state index in [0.717, 1.165) is 25.5 Å². The highest BCUT2D eigenvalue weighted by atomic mass is 19.2. The average Bonchev–Trinajstić information content (AvgIpc) is 2.38. The summed E-state index contributed by atoms with van der Waals surface area (Å²) in [7, 11) is 0. The van der Waals surface area contributed by atoms with Crippen LogP contribution >= 0.6 is 0 Å². The lowest BCUT2D eigenvalue weighted by Gasteiger charge is -2.22. The maximum absolute atomic E-state index is 13.8. The second-order valence-electron chi connectivity index (χ2n) is 5.04. The van der Waals surface area contributed by atoms with Gasteiger partial charge in [-0.3, -0.25) is 0 Å². The van der Waals surface area contributed by atoms with Gasteiger partial charge in [-0.15, -0.1) is 0 Å². The molecule has 0 heterocycles. The molecule has 0 spiro atoms. The van der Waals surface area contributed by atoms with Crippen molar-refractivity contribution >= 4 is 0 Å². The molecule has 0 amide bonds. The molecule has 0 aromatic heterocycles. The molecule has 0 aliphatic carbocycles. The summed E-state index contributed by atoms with van der Waals surface area (Å²) in [6, 6.07) is 1.33. The monoisotopic (exact) mass is 273 g/mol. The zero-order valence-corrected chi connectivity index (χ0v) is 11.8. The highest BCUT2D eigenvalue weighted by Gasteiger charge is 2.20. The van der Waals surface area contributed by atoms with Gasteiger partial charge in [-0.1, -0.05) is 27.2 Å². The number of benzene rings is 1. The first-order valence-electron chi connectivity index (χ1n) is 6.87. The SMILES string of the molecule is CCCNC(CC(C)CC)c1cc(F)c(F)cc1F. The fraction of sp³-hybridized carbons (Fsp3) is 0.600. The Morgan fingerprint density at radius 3 is 2.26 bits per heavy atom. The second-order valence-corrected chi connectivity index (χ2v) is 5.04. The van der Waals surface area contributed by atoms with Crippen LogP contribution in [-0.4, -0.2) is 6.54 Å². The first-order chi connectivity index (χ1) is 8.99. The molecule has 1 nitrogen and oxygen atoms in total. The smallest absolute Gasteiger partial charge is 0.161 e. The van der Waals surface area contributed by atoms with E-state index in [2.05, 4.69) is 19.2 Å². The van der Waals surface area contributed by atoms with Gasteiger partial charge in [0.05, 0.1) is 0 Å². The van der Waals surface area contributed by atoms with Crippen molar-refractivity contribution in [3.05, 3.63) is 35.1 Å². The van der Waals surface area contributed by atoms with Crippen LogP contribution in [0.2, 0.25) is 0 Å². The van der Waals surface area contributed by atoms with Crippen molar-refractivity contribution in [2.75, 3.05) is 6.54 Å². The molecule has 1 N–H and O–H groups in total. The quantitative estimate of drug-likeness (QED) is 0.717. The molecule has 0 aliphatic heterocycles. The maximum atomic E-state index is 13.8. The van der Waals surface area contributed by atoms with Crippen LogP contribution in [0, 0.1) is 23.4 Å². The molecular weight excluding hydrogens is 251 g/mol. The van der Waals surface area contributed by atoms with E-state index in [4.69, 9.17) is 0 Å². The van der Waals surface area contributed by atoms with Gasteiger partial charge >= 0.3 is 0 Å². The molecular formula is C15H22F3N. The van der Waals surface area contributed by atoms with Crippen LogP contribution in [0.4, 0.5) is 13.2 Å². The zero-order chi connectivity index (χ0) is 14.4. The van der Waals surface area contributed by atoms with Crippen LogP contribution in [0.25, 0.3) is 0 Å². The molecule has 108 valence electrons. The largest absolute Gasteiger partial charge is 0.310 e. The first-order valence-corrected chi connectivity index (χ1v) is 6.87. The van der Waals surface area contributed by atoms with Gasteiger partial charge in [0.15, 0.2) is 11.6 Å². The van der Waals surface area contributed by atoms with Crippen LogP contribution < -0.4 is 5.32 Å². The minimum absolute atomic E-state index is 0.215. The summed E-state index contributed by atoms with van der Waals surface area (Å²) in [6.07, 6.45) is 2.58. The topological polar surface area (TPSA) is 12.0 Å². The van der Waals surface area contributed by atoms with E-state index in [-0.39, 0.29) is 11.6 Å². The number of hydrogen-bond acceptors (Lipinski definition) is 1. The van der Waals surface area contributed by atoms with Gasteiger partial charge in [-0.25, -0.2) is 13.2 Å². The Morgan fingerprint density at radius 1 is 1.05 bits per heavy atom. The number of hydrogen-bond donors (Lipinski definition) is 1. The summed E-state index contributed by atoms with van der Waals surface area (Å²) < 4.78 is 40.1. The van der Waals surface area contributed by atoms with Gasteiger partial charge in [0, 0.05) is 17.7 Å². The first kappa shape index (κ1) is 16.0. The van der Waals surface area contributed by atoms with Crippen LogP contribution in [0.3, 0.4) is 0 Å². The van der Waals surface area contributed by atoms with E-state index in [9.17, 15) is 13.2 Å². The molecule has 0 saturated heterocycles. The molecule has 4 heteroatoms. The molecule has 19 heavy (non-hydrogen) atoms. The van der Waals surface area contributed by atoms with Crippen LogP contribution in [0.1, 0.15) is 51.6 Å². The Balaban J connectivity index is 2.98. The molecule has 1 aromatic carbocycles. The fourth-order valence-electron chi connectivity index (χ4n) is 2.01. The fourth-order valence-corrected chi connectivity index (χ4v) is 2.01. The van der Waals surface area contributed by atoms with Crippen LogP contribution in [-0.2, 0) is 0 Å². The van der Waals surface area contributed by atoms with Gasteiger partial charge in [0.2, 0.25) is 0 Å². The van der Waals surface area contributed by atoms with Crippen molar-refractivity contribution < 1.29 is 13.2 Å². The Bertz CT molecular complexity index is 407. The molecule has 0 fully saturated rings. The predicted octanol–water partition coefficient (Wildman–Crippen LogP) is 4.58. The van der Waals surface area contributed by atoms with E-state index >= 15 is 0 Å². The summed E-state index contributed by atoms with van der Waals surface area (Å²) in [6.45, 7) is 6.86. The zero-order valence-electron chi connectivity index (χ0n) is 11.8. The molecule has 2 atom stereocenters. The molecule has 1 rings (SSSR count). The third kappa shape index (κ3) is 4.53. The van der Waals surface area contributed by atoms with Crippen molar-refractivity contribution in [2.24, 2.45) is 5.92 Å². The van der Waals surface area contributed by atoms with Crippen molar-refractivity contribution in [1.29, 1.82) is 0 Å². The Labute approximate surface area is 113 Å². The van der Waals surface area contributed by atoms with E-state index in [1.54, 1.807) is 0 Å². The normalized spacial score (nSPS) is 14.4. The summed E-state index contributed by atoms with van der Waals surface area (Å²) in [4.78, 5) is 0. The van der Waals surface area contributed by atoms with Gasteiger partial charge in [-0.2, -0.15) is 0 Å². The highest BCUT2D eigenvalue weighted by Crippen LogP contribution is 2.27. The minimum Gasteiger partial charge on any atom is -0.310 e. The van der Waals surface area contributed by atoms with E-state index in [1.165, 1.54) is 0 Å². The molecule has 1 aromatic rings. The van der Waals surface area contributed by atoms with Gasteiger partial charge in [0.1, 0.15) is 5.82 Å². The summed E-state index contributed by atoms with van der Waals surface area (Å²) in [5.41, 5.74) is 0.215. The highest BCUT2D eigenvalue weighted by molar-refractivity contribution is 5.23. The van der Waals surface area contributed by atoms with Gasteiger partial charge in [-0.05, 0) is 31.4 Å². The van der Waals surface area contributed by atoms with Crippen molar-refractivity contribution in [1.82, 2.24) is 5.32 Å². The Morgan fingerprint density at radius 2 is 1.68 bits per heavy atom. The van der Waals surface area contributed by atoms with Crippen molar-refractivity contribution in [3.63, 3.8) is 0 Å². The Hall–Kier alpha value is -1.03. The van der Waals surface area contributed by atoms with Gasteiger partial charge in [0.25, 0.3) is 0 Å². The lowest BCUT2D eigenvalue weighted by atomic mass is 9.93. The molecule has 0 saturated carbocycles. The third-order valence-corrected chi connectivity index (χ3v) is 3.39. The van der Waals surface area contributed by atoms with Gasteiger partial charge < -0.3 is 5.32 Å². The van der Waals surface area contributed by atoms with Crippen LogP contribution in [0.15, 0.2) is 12.1 Å². The van der Waals surface area contributed by atoms with Crippen LogP contribution in [0.5, 0.6) is 0 Å². The van der Waals surface area contributed by atoms with E-state index in [0.29, 0.717) is 18.4 Å².